The number of hydrogen-bond donors (Lipinski definition) is 2. The maximum Gasteiger partial charge on any atom is 0.0622 e. The van der Waals surface area contributed by atoms with Crippen molar-refractivity contribution in [3.8, 4) is 0 Å². The van der Waals surface area contributed by atoms with E-state index in [0.717, 1.165) is 30.6 Å². The molecule has 0 aromatic carbocycles. The van der Waals surface area contributed by atoms with Crippen molar-refractivity contribution in [2.45, 2.75) is 84.2 Å². The van der Waals surface area contributed by atoms with Gasteiger partial charge in [-0.1, -0.05) is 13.8 Å². The SMILES string of the molecule is C[C@@]1(O)CC[C@@]2(C)[C@H](CC[C@@H]3[C@@H]2CC[C@]2(C)[C@@H](/C=N/O)CC[C@@H]32)C1. The molecule has 0 aromatic heterocycles. The van der Waals surface area contributed by atoms with Crippen LogP contribution in [0.1, 0.15) is 78.6 Å². The van der Waals surface area contributed by atoms with E-state index in [1.54, 1.807) is 0 Å². The van der Waals surface area contributed by atoms with E-state index in [1.807, 2.05) is 13.1 Å². The third-order valence-electron chi connectivity index (χ3n) is 9.27. The highest BCUT2D eigenvalue weighted by molar-refractivity contribution is 5.62. The minimum atomic E-state index is -0.434. The standard InChI is InChI=1S/C21H35NO2/c1-19(23)10-11-21(3)14(12-19)4-6-16-17-7-5-15(13-22-24)20(17,2)9-8-18(16)21/h13-18,23-24H,4-12H2,1-3H3/b22-13+/t14-,15-,16+,17+,18+,19-,20-,21+/m1/s1. The van der Waals surface area contributed by atoms with Crippen molar-refractivity contribution in [2.75, 3.05) is 0 Å². The van der Waals surface area contributed by atoms with Crippen LogP contribution in [0.2, 0.25) is 0 Å². The fourth-order valence-electron chi connectivity index (χ4n) is 7.80. The van der Waals surface area contributed by atoms with Gasteiger partial charge in [-0.3, -0.25) is 0 Å². The van der Waals surface area contributed by atoms with Gasteiger partial charge in [-0.25, -0.2) is 0 Å². The smallest absolute Gasteiger partial charge is 0.0622 e. The average molecular weight is 334 g/mol. The molecule has 0 bridgehead atoms. The largest absolute Gasteiger partial charge is 0.411 e. The summed E-state index contributed by atoms with van der Waals surface area (Å²) in [6.07, 6.45) is 12.8. The Morgan fingerprint density at radius 2 is 1.62 bits per heavy atom. The van der Waals surface area contributed by atoms with E-state index in [4.69, 9.17) is 5.21 Å². The molecule has 3 heteroatoms. The zero-order chi connectivity index (χ0) is 17.2. The molecule has 4 saturated carbocycles. The highest BCUT2D eigenvalue weighted by Crippen LogP contribution is 2.67. The number of fused-ring (bicyclic) bond motifs is 5. The van der Waals surface area contributed by atoms with Gasteiger partial charge in [0.15, 0.2) is 0 Å². The highest BCUT2D eigenvalue weighted by atomic mass is 16.4. The molecule has 3 nitrogen and oxygen atoms in total. The van der Waals surface area contributed by atoms with Gasteiger partial charge in [0.2, 0.25) is 0 Å². The van der Waals surface area contributed by atoms with Crippen molar-refractivity contribution in [2.24, 2.45) is 45.6 Å². The summed E-state index contributed by atoms with van der Waals surface area (Å²) in [7, 11) is 0. The zero-order valence-corrected chi connectivity index (χ0v) is 15.7. The predicted molar refractivity (Wildman–Crippen MR) is 96.1 cm³/mol. The summed E-state index contributed by atoms with van der Waals surface area (Å²) in [6.45, 7) is 7.06. The zero-order valence-electron chi connectivity index (χ0n) is 15.7. The molecule has 0 radical (unpaired) electrons. The summed E-state index contributed by atoms with van der Waals surface area (Å²) >= 11 is 0. The van der Waals surface area contributed by atoms with Gasteiger partial charge in [-0.2, -0.15) is 0 Å². The van der Waals surface area contributed by atoms with Crippen molar-refractivity contribution in [3.63, 3.8) is 0 Å². The Morgan fingerprint density at radius 3 is 2.38 bits per heavy atom. The summed E-state index contributed by atoms with van der Waals surface area (Å²) in [6, 6.07) is 0. The molecule has 0 heterocycles. The molecule has 4 aliphatic carbocycles. The van der Waals surface area contributed by atoms with Gasteiger partial charge in [0.05, 0.1) is 5.60 Å². The molecule has 0 amide bonds. The van der Waals surface area contributed by atoms with Gasteiger partial charge >= 0.3 is 0 Å². The summed E-state index contributed by atoms with van der Waals surface area (Å²) in [5.74, 6) is 3.67. The number of nitrogens with zero attached hydrogens (tertiary/aromatic N) is 1. The fraction of sp³-hybridized carbons (Fsp3) is 0.952. The van der Waals surface area contributed by atoms with Crippen LogP contribution in [0, 0.1) is 40.4 Å². The van der Waals surface area contributed by atoms with Crippen molar-refractivity contribution in [1.82, 2.24) is 0 Å². The van der Waals surface area contributed by atoms with Crippen molar-refractivity contribution in [3.05, 3.63) is 0 Å². The second-order valence-corrected chi connectivity index (χ2v) is 10.4. The quantitative estimate of drug-likeness (QED) is 0.409. The topological polar surface area (TPSA) is 52.8 Å². The lowest BCUT2D eigenvalue weighted by Gasteiger charge is -2.61. The second kappa shape index (κ2) is 5.46. The minimum Gasteiger partial charge on any atom is -0.411 e. The maximum absolute atomic E-state index is 10.6. The van der Waals surface area contributed by atoms with Crippen LogP contribution in [-0.4, -0.2) is 22.1 Å². The van der Waals surface area contributed by atoms with E-state index < -0.39 is 5.60 Å². The van der Waals surface area contributed by atoms with Gasteiger partial charge < -0.3 is 10.3 Å². The Morgan fingerprint density at radius 1 is 0.875 bits per heavy atom. The number of hydrogen-bond acceptors (Lipinski definition) is 3. The Kier molecular flexibility index (Phi) is 3.84. The molecule has 4 rings (SSSR count). The van der Waals surface area contributed by atoms with Crippen molar-refractivity contribution in [1.29, 1.82) is 0 Å². The van der Waals surface area contributed by atoms with Crippen molar-refractivity contribution >= 4 is 6.21 Å². The molecular weight excluding hydrogens is 298 g/mol. The third-order valence-corrected chi connectivity index (χ3v) is 9.27. The van der Waals surface area contributed by atoms with E-state index in [-0.39, 0.29) is 0 Å². The number of rotatable bonds is 1. The van der Waals surface area contributed by atoms with E-state index in [0.29, 0.717) is 22.7 Å². The van der Waals surface area contributed by atoms with Crippen LogP contribution in [0.3, 0.4) is 0 Å². The van der Waals surface area contributed by atoms with E-state index in [1.165, 1.54) is 44.9 Å². The first-order valence-electron chi connectivity index (χ1n) is 10.2. The van der Waals surface area contributed by atoms with Crippen LogP contribution in [0.5, 0.6) is 0 Å². The molecule has 136 valence electrons. The first-order chi connectivity index (χ1) is 11.3. The lowest BCUT2D eigenvalue weighted by Crippen LogP contribution is -2.55. The average Bonchev–Trinajstić information content (AvgIpc) is 2.85. The van der Waals surface area contributed by atoms with Gasteiger partial charge in [-0.15, -0.1) is 5.16 Å². The monoisotopic (exact) mass is 333 g/mol. The fourth-order valence-corrected chi connectivity index (χ4v) is 7.80. The van der Waals surface area contributed by atoms with Crippen LogP contribution >= 0.6 is 0 Å². The van der Waals surface area contributed by atoms with Gasteiger partial charge in [0.1, 0.15) is 0 Å². The Hall–Kier alpha value is -0.570. The van der Waals surface area contributed by atoms with Gasteiger partial charge in [0.25, 0.3) is 0 Å². The Balaban J connectivity index is 1.60. The lowest BCUT2D eigenvalue weighted by atomic mass is 9.44. The first kappa shape index (κ1) is 16.9. The number of aliphatic hydroxyl groups is 1. The van der Waals surface area contributed by atoms with Crippen LogP contribution in [-0.2, 0) is 0 Å². The molecule has 4 fully saturated rings. The Bertz CT molecular complexity index is 530. The molecule has 2 N–H and O–H groups in total. The van der Waals surface area contributed by atoms with Crippen LogP contribution < -0.4 is 0 Å². The van der Waals surface area contributed by atoms with E-state index in [9.17, 15) is 5.11 Å². The first-order valence-corrected chi connectivity index (χ1v) is 10.2. The molecular formula is C21H35NO2. The van der Waals surface area contributed by atoms with Gasteiger partial charge in [0, 0.05) is 12.1 Å². The normalized spacial score (nSPS) is 57.4. The van der Waals surface area contributed by atoms with E-state index in [2.05, 4.69) is 19.0 Å². The minimum absolute atomic E-state index is 0.344. The molecule has 4 aliphatic rings. The van der Waals surface area contributed by atoms with Gasteiger partial charge in [-0.05, 0) is 99.2 Å². The van der Waals surface area contributed by atoms with Crippen LogP contribution in [0.15, 0.2) is 5.16 Å². The lowest BCUT2D eigenvalue weighted by molar-refractivity contribution is -0.143. The van der Waals surface area contributed by atoms with Crippen LogP contribution in [0.25, 0.3) is 0 Å². The van der Waals surface area contributed by atoms with E-state index >= 15 is 0 Å². The Labute approximate surface area is 146 Å². The van der Waals surface area contributed by atoms with Crippen LogP contribution in [0.4, 0.5) is 0 Å². The maximum atomic E-state index is 10.6. The summed E-state index contributed by atoms with van der Waals surface area (Å²) in [5.41, 5.74) is 0.350. The second-order valence-electron chi connectivity index (χ2n) is 10.4. The highest BCUT2D eigenvalue weighted by Gasteiger charge is 2.60. The molecule has 0 unspecified atom stereocenters. The summed E-state index contributed by atoms with van der Waals surface area (Å²) in [5, 5.41) is 23.0. The molecule has 0 saturated heterocycles. The molecule has 0 aliphatic heterocycles. The summed E-state index contributed by atoms with van der Waals surface area (Å²) in [4.78, 5) is 0. The number of oxime groups is 1. The predicted octanol–water partition coefficient (Wildman–Crippen LogP) is 4.86. The molecule has 8 atom stereocenters. The third kappa shape index (κ3) is 2.29. The molecule has 24 heavy (non-hydrogen) atoms. The molecule has 0 spiro atoms. The van der Waals surface area contributed by atoms with Crippen molar-refractivity contribution < 1.29 is 10.3 Å². The summed E-state index contributed by atoms with van der Waals surface area (Å²) < 4.78 is 0. The molecule has 0 aromatic rings.